The largest absolute Gasteiger partial charge is 3.00 e. The molecule has 7 aromatic rings. The quantitative estimate of drug-likeness (QED) is 0.123. The van der Waals surface area contributed by atoms with E-state index in [1.165, 1.54) is 53.9 Å². The molecule has 0 radical (unpaired) electrons. The average Bonchev–Trinajstić information content (AvgIpc) is 3.71. The van der Waals surface area contributed by atoms with E-state index >= 15 is 0 Å². The zero-order valence-corrected chi connectivity index (χ0v) is 34.3. The third-order valence-corrected chi connectivity index (χ3v) is 12.5. The molecule has 8 rings (SSSR count). The topological polar surface area (TPSA) is 30.2 Å². The van der Waals surface area contributed by atoms with Gasteiger partial charge < -0.3 is 15.2 Å². The number of para-hydroxylation sites is 3. The molecule has 0 amide bonds. The maximum atomic E-state index is 7.64. The van der Waals surface area contributed by atoms with Gasteiger partial charge >= 0.3 is 20.1 Å². The maximum absolute atomic E-state index is 7.64. The third kappa shape index (κ3) is 7.47. The summed E-state index contributed by atoms with van der Waals surface area (Å²) in [6.45, 7) is 15.9. The van der Waals surface area contributed by atoms with E-state index in [0.29, 0.717) is 23.1 Å². The van der Waals surface area contributed by atoms with Crippen LogP contribution in [0.3, 0.4) is 0 Å². The van der Waals surface area contributed by atoms with Gasteiger partial charge in [0.1, 0.15) is 0 Å². The van der Waals surface area contributed by atoms with Gasteiger partial charge in [-0.05, 0) is 58.9 Å². The number of aromatic nitrogens is 1. The third-order valence-electron chi connectivity index (χ3n) is 9.29. The fourth-order valence-electron chi connectivity index (χ4n) is 6.59. The molecular weight excluding hydrogens is 835 g/mol. The van der Waals surface area contributed by atoms with Crippen molar-refractivity contribution in [3.63, 3.8) is 0 Å². The average molecular weight is 882 g/mol. The summed E-state index contributed by atoms with van der Waals surface area (Å²) >= 11 is 1.83. The number of anilines is 2. The fourth-order valence-corrected chi connectivity index (χ4v) is 8.69. The summed E-state index contributed by atoms with van der Waals surface area (Å²) in [6.07, 6.45) is 1.73. The van der Waals surface area contributed by atoms with Gasteiger partial charge in [0.05, 0.1) is 8.07 Å². The second-order valence-corrected chi connectivity index (χ2v) is 20.6. The minimum absolute atomic E-state index is 0. The second kappa shape index (κ2) is 15.3. The molecule has 258 valence electrons. The number of hydrogen-bond acceptors (Lipinski definition) is 3. The summed E-state index contributed by atoms with van der Waals surface area (Å²) in [5.41, 5.74) is 8.67. The molecule has 0 fully saturated rings. The van der Waals surface area contributed by atoms with Gasteiger partial charge in [-0.1, -0.05) is 119 Å². The SMILES string of the molecule is CC(C)c1cccc(C(C)C)c1N1c2ccccc2[N-]C1c1[c-]cc2sc3ccccc3c2c1.[2H]c1[c-]c(-c2ccc([Si](C)(C)C)cn2)cc([2H])c1[2H].[Ir+3]. The van der Waals surface area contributed by atoms with Crippen LogP contribution in [-0.2, 0) is 20.1 Å². The van der Waals surface area contributed by atoms with Crippen LogP contribution in [0.1, 0.15) is 66.5 Å². The first-order valence-corrected chi connectivity index (χ1v) is 21.6. The van der Waals surface area contributed by atoms with Crippen molar-refractivity contribution in [2.45, 2.75) is 65.3 Å². The Bertz CT molecular complexity index is 2390. The molecule has 5 aromatic carbocycles. The molecule has 0 aliphatic carbocycles. The van der Waals surface area contributed by atoms with Crippen LogP contribution in [0.5, 0.6) is 0 Å². The number of fused-ring (bicyclic) bond motifs is 4. The number of nitrogens with zero attached hydrogens (tertiary/aromatic N) is 3. The molecule has 2 aromatic heterocycles. The predicted octanol–water partition coefficient (Wildman–Crippen LogP) is 13.0. The van der Waals surface area contributed by atoms with E-state index in [9.17, 15) is 0 Å². The zero-order valence-electron chi connectivity index (χ0n) is 33.1. The Morgan fingerprint density at radius 2 is 1.53 bits per heavy atom. The molecule has 1 aliphatic heterocycles. The maximum Gasteiger partial charge on any atom is 3.00 e. The van der Waals surface area contributed by atoms with Gasteiger partial charge in [0, 0.05) is 25.0 Å². The Morgan fingerprint density at radius 3 is 2.22 bits per heavy atom. The molecule has 3 heterocycles. The molecule has 6 heteroatoms. The van der Waals surface area contributed by atoms with Gasteiger partial charge in [-0.2, -0.15) is 23.8 Å². The van der Waals surface area contributed by atoms with Crippen LogP contribution in [0.2, 0.25) is 19.6 Å². The predicted molar refractivity (Wildman–Crippen MR) is 219 cm³/mol. The molecular formula is C45H44IrN3SSi. The molecule has 3 nitrogen and oxygen atoms in total. The minimum Gasteiger partial charge on any atom is -0.661 e. The van der Waals surface area contributed by atoms with Crippen LogP contribution >= 0.6 is 11.3 Å². The van der Waals surface area contributed by atoms with E-state index < -0.39 is 8.07 Å². The van der Waals surface area contributed by atoms with Gasteiger partial charge in [-0.15, -0.1) is 46.9 Å². The van der Waals surface area contributed by atoms with Crippen molar-refractivity contribution in [2.75, 3.05) is 4.90 Å². The van der Waals surface area contributed by atoms with Crippen molar-refractivity contribution >= 4 is 61.8 Å². The van der Waals surface area contributed by atoms with Crippen LogP contribution in [-0.4, -0.2) is 13.1 Å². The fraction of sp³-hybridized carbons (Fsp3) is 0.222. The minimum atomic E-state index is -1.36. The summed E-state index contributed by atoms with van der Waals surface area (Å²) in [4.78, 5) is 6.87. The molecule has 1 atom stereocenters. The Kier molecular flexibility index (Phi) is 9.83. The molecule has 0 spiro atoms. The first-order valence-electron chi connectivity index (χ1n) is 18.8. The van der Waals surface area contributed by atoms with Gasteiger partial charge in [-0.25, -0.2) is 11.3 Å². The number of benzene rings is 5. The monoisotopic (exact) mass is 882 g/mol. The molecule has 1 unspecified atom stereocenters. The van der Waals surface area contributed by atoms with Crippen molar-refractivity contribution < 1.29 is 24.2 Å². The summed E-state index contributed by atoms with van der Waals surface area (Å²) < 4.78 is 25.3. The van der Waals surface area contributed by atoms with Crippen LogP contribution < -0.4 is 10.1 Å². The number of thiophene rings is 1. The molecule has 0 N–H and O–H groups in total. The van der Waals surface area contributed by atoms with E-state index in [2.05, 4.69) is 154 Å². The molecule has 0 saturated carbocycles. The van der Waals surface area contributed by atoms with Crippen molar-refractivity contribution in [1.29, 1.82) is 0 Å². The van der Waals surface area contributed by atoms with Crippen LogP contribution in [0.4, 0.5) is 17.1 Å². The van der Waals surface area contributed by atoms with Crippen LogP contribution in [0.15, 0.2) is 121 Å². The summed E-state index contributed by atoms with van der Waals surface area (Å²) in [7, 11) is -1.36. The van der Waals surface area contributed by atoms with E-state index in [0.717, 1.165) is 11.3 Å². The smallest absolute Gasteiger partial charge is 0.661 e. The number of hydrogen-bond donors (Lipinski definition) is 0. The Hall–Kier alpha value is -4.06. The first kappa shape index (κ1) is 32.8. The number of rotatable bonds is 6. The van der Waals surface area contributed by atoms with Gasteiger partial charge in [0.25, 0.3) is 0 Å². The molecule has 51 heavy (non-hydrogen) atoms. The van der Waals surface area contributed by atoms with Crippen LogP contribution in [0.25, 0.3) is 36.7 Å². The Balaban J connectivity index is 0.000000213. The summed E-state index contributed by atoms with van der Waals surface area (Å²) in [5.74, 6) is 0.823. The second-order valence-electron chi connectivity index (χ2n) is 14.5. The molecule has 1 aliphatic rings. The van der Waals surface area contributed by atoms with Crippen LogP contribution in [0, 0.1) is 12.1 Å². The van der Waals surface area contributed by atoms with E-state index in [-0.39, 0.29) is 44.4 Å². The van der Waals surface area contributed by atoms with Gasteiger partial charge in [0.2, 0.25) is 0 Å². The molecule has 0 bridgehead atoms. The summed E-state index contributed by atoms with van der Waals surface area (Å²) in [5, 5.41) is 9.12. The number of pyridine rings is 1. The van der Waals surface area contributed by atoms with Crippen molar-refractivity contribution in [3.8, 4) is 11.3 Å². The van der Waals surface area contributed by atoms with E-state index in [1.54, 1.807) is 0 Å². The van der Waals surface area contributed by atoms with Crippen molar-refractivity contribution in [3.05, 3.63) is 156 Å². The van der Waals surface area contributed by atoms with Gasteiger partial charge in [-0.3, -0.25) is 0 Å². The normalized spacial score (nSPS) is 14.7. The molecule has 0 saturated heterocycles. The van der Waals surface area contributed by atoms with Crippen molar-refractivity contribution in [1.82, 2.24) is 4.98 Å². The van der Waals surface area contributed by atoms with E-state index in [4.69, 9.17) is 9.43 Å². The van der Waals surface area contributed by atoms with Gasteiger partial charge in [0.15, 0.2) is 0 Å². The van der Waals surface area contributed by atoms with E-state index in [1.807, 2.05) is 23.6 Å². The standard InChI is InChI=1S/C31H28N2S.C14H16NSi.Ir/c1-19(2)22-11-9-12-23(20(3)4)30(22)33-27-14-7-6-13-26(27)32-31(33)21-16-17-29-25(18-21)24-10-5-8-15-28(24)34-29;1-16(2,3)13-9-10-14(15-11-13)12-7-5-4-6-8-12;/h5-15,17-20,31H,1-4H3;4-7,9-11H,1-3H3;/q-2;-1;+3/i;4D,5D,6D;. The summed E-state index contributed by atoms with van der Waals surface area (Å²) in [6, 6.07) is 40.3. The Morgan fingerprint density at radius 1 is 0.804 bits per heavy atom. The zero-order chi connectivity index (χ0) is 37.6. The van der Waals surface area contributed by atoms with Crippen molar-refractivity contribution in [2.24, 2.45) is 0 Å². The first-order chi connectivity index (χ1) is 25.3. The Labute approximate surface area is 326 Å².